The molecule has 3 rings (SSSR count). The molecule has 0 aliphatic rings. The van der Waals surface area contributed by atoms with E-state index in [9.17, 15) is 9.59 Å². The van der Waals surface area contributed by atoms with Crippen molar-refractivity contribution in [3.05, 3.63) is 102 Å². The lowest BCUT2D eigenvalue weighted by Crippen LogP contribution is -2.41. The molecule has 0 aliphatic heterocycles. The Kier molecular flexibility index (Phi) is 7.88. The summed E-state index contributed by atoms with van der Waals surface area (Å²) < 4.78 is 15.8. The number of nitrogens with one attached hydrogen (secondary N) is 2. The van der Waals surface area contributed by atoms with E-state index in [2.05, 4.69) is 10.6 Å². The van der Waals surface area contributed by atoms with Gasteiger partial charge in [0, 0.05) is 0 Å². The minimum Gasteiger partial charge on any atom is -0.497 e. The van der Waals surface area contributed by atoms with E-state index in [1.165, 1.54) is 7.11 Å². The van der Waals surface area contributed by atoms with Crippen molar-refractivity contribution in [3.63, 3.8) is 0 Å². The fourth-order valence-corrected chi connectivity index (χ4v) is 2.79. The zero-order valence-corrected chi connectivity index (χ0v) is 17.1. The summed E-state index contributed by atoms with van der Waals surface area (Å²) >= 11 is 0. The first-order chi connectivity index (χ1) is 15.1. The van der Waals surface area contributed by atoms with E-state index < -0.39 is 18.4 Å². The fraction of sp³-hybridized carbons (Fsp3) is 0.167. The Bertz CT molecular complexity index is 922. The van der Waals surface area contributed by atoms with Gasteiger partial charge in [0.25, 0.3) is 0 Å². The molecule has 0 bridgehead atoms. The van der Waals surface area contributed by atoms with Crippen LogP contribution in [0.2, 0.25) is 0 Å². The molecule has 2 N–H and O–H groups in total. The predicted octanol–water partition coefficient (Wildman–Crippen LogP) is 4.55. The maximum absolute atomic E-state index is 12.4. The molecular weight excluding hydrogens is 396 g/mol. The standard InChI is InChI=1S/C24H24N2O5/c1-29-21-14-8-13-20(15-21)22(25-23(27)30-16-18-9-4-2-5-10-18)26-24(28)31-17-19-11-6-3-7-12-19/h2-15,22H,16-17H2,1H3,(H,25,27)(H,26,28). The van der Waals surface area contributed by atoms with Crippen molar-refractivity contribution in [2.75, 3.05) is 7.11 Å². The Labute approximate surface area is 180 Å². The zero-order chi connectivity index (χ0) is 21.9. The Morgan fingerprint density at radius 2 is 1.26 bits per heavy atom. The number of amides is 2. The summed E-state index contributed by atoms with van der Waals surface area (Å²) in [6, 6.07) is 25.6. The lowest BCUT2D eigenvalue weighted by molar-refractivity contribution is 0.122. The number of rotatable bonds is 8. The van der Waals surface area contributed by atoms with E-state index in [-0.39, 0.29) is 13.2 Å². The molecule has 3 aromatic rings. The average Bonchev–Trinajstić information content (AvgIpc) is 2.82. The van der Waals surface area contributed by atoms with Crippen molar-refractivity contribution in [2.45, 2.75) is 19.4 Å². The summed E-state index contributed by atoms with van der Waals surface area (Å²) in [5.74, 6) is 0.585. The van der Waals surface area contributed by atoms with Gasteiger partial charge in [-0.25, -0.2) is 9.59 Å². The normalized spacial score (nSPS) is 10.3. The predicted molar refractivity (Wildman–Crippen MR) is 115 cm³/mol. The highest BCUT2D eigenvalue weighted by Gasteiger charge is 2.19. The van der Waals surface area contributed by atoms with Crippen molar-refractivity contribution >= 4 is 12.2 Å². The largest absolute Gasteiger partial charge is 0.497 e. The second kappa shape index (κ2) is 11.3. The smallest absolute Gasteiger partial charge is 0.409 e. The van der Waals surface area contributed by atoms with E-state index in [0.29, 0.717) is 11.3 Å². The second-order valence-corrected chi connectivity index (χ2v) is 6.62. The summed E-state index contributed by atoms with van der Waals surface area (Å²) in [6.07, 6.45) is -2.23. The van der Waals surface area contributed by atoms with Crippen molar-refractivity contribution in [2.24, 2.45) is 0 Å². The quantitative estimate of drug-likeness (QED) is 0.522. The molecule has 0 aromatic heterocycles. The minimum atomic E-state index is -0.873. The molecule has 0 unspecified atom stereocenters. The number of ether oxygens (including phenoxy) is 3. The molecule has 0 spiro atoms. The second-order valence-electron chi connectivity index (χ2n) is 6.62. The molecule has 2 amide bonds. The van der Waals surface area contributed by atoms with Gasteiger partial charge in [-0.1, -0.05) is 72.8 Å². The maximum atomic E-state index is 12.4. The summed E-state index contributed by atoms with van der Waals surface area (Å²) in [6.45, 7) is 0.214. The van der Waals surface area contributed by atoms with E-state index in [1.807, 2.05) is 60.7 Å². The molecule has 31 heavy (non-hydrogen) atoms. The fourth-order valence-electron chi connectivity index (χ4n) is 2.79. The number of hydrogen-bond acceptors (Lipinski definition) is 5. The Morgan fingerprint density at radius 1 is 0.742 bits per heavy atom. The van der Waals surface area contributed by atoms with Gasteiger partial charge in [0.15, 0.2) is 0 Å². The number of carbonyl (C=O) groups excluding carboxylic acids is 2. The van der Waals surface area contributed by atoms with Gasteiger partial charge in [-0.15, -0.1) is 0 Å². The summed E-state index contributed by atoms with van der Waals surface area (Å²) in [4.78, 5) is 24.7. The number of methoxy groups -OCH3 is 1. The monoisotopic (exact) mass is 420 g/mol. The number of benzene rings is 3. The molecule has 0 atom stereocenters. The van der Waals surface area contributed by atoms with Crippen LogP contribution in [0.3, 0.4) is 0 Å². The van der Waals surface area contributed by atoms with Crippen LogP contribution in [0, 0.1) is 0 Å². The SMILES string of the molecule is COc1cccc(C(NC(=O)OCc2ccccc2)NC(=O)OCc2ccccc2)c1. The Morgan fingerprint density at radius 3 is 1.74 bits per heavy atom. The molecule has 0 heterocycles. The van der Waals surface area contributed by atoms with E-state index in [1.54, 1.807) is 24.3 Å². The number of carbonyl (C=O) groups is 2. The molecular formula is C24H24N2O5. The number of hydrogen-bond donors (Lipinski definition) is 2. The number of alkyl carbamates (subject to hydrolysis) is 2. The highest BCUT2D eigenvalue weighted by atomic mass is 16.6. The first-order valence-electron chi connectivity index (χ1n) is 9.72. The molecule has 0 fully saturated rings. The van der Waals surface area contributed by atoms with Gasteiger partial charge in [-0.2, -0.15) is 0 Å². The highest BCUT2D eigenvalue weighted by molar-refractivity contribution is 5.71. The van der Waals surface area contributed by atoms with Gasteiger partial charge >= 0.3 is 12.2 Å². The van der Waals surface area contributed by atoms with Gasteiger partial charge in [0.1, 0.15) is 25.1 Å². The zero-order valence-electron chi connectivity index (χ0n) is 17.1. The van der Waals surface area contributed by atoms with Crippen molar-refractivity contribution in [1.29, 1.82) is 0 Å². The van der Waals surface area contributed by atoms with E-state index in [4.69, 9.17) is 14.2 Å². The molecule has 3 aromatic carbocycles. The van der Waals surface area contributed by atoms with Gasteiger partial charge in [0.05, 0.1) is 7.11 Å². The average molecular weight is 420 g/mol. The topological polar surface area (TPSA) is 85.9 Å². The summed E-state index contributed by atoms with van der Waals surface area (Å²) in [5.41, 5.74) is 2.31. The van der Waals surface area contributed by atoms with Crippen molar-refractivity contribution < 1.29 is 23.8 Å². The third-order valence-electron chi connectivity index (χ3n) is 4.38. The lowest BCUT2D eigenvalue weighted by Gasteiger charge is -2.21. The molecule has 0 aliphatic carbocycles. The maximum Gasteiger partial charge on any atom is 0.409 e. The van der Waals surface area contributed by atoms with Crippen LogP contribution in [0.5, 0.6) is 5.75 Å². The Balaban J connectivity index is 1.63. The molecule has 7 heteroatoms. The van der Waals surface area contributed by atoms with Gasteiger partial charge in [0.2, 0.25) is 0 Å². The molecule has 7 nitrogen and oxygen atoms in total. The first-order valence-corrected chi connectivity index (χ1v) is 9.72. The van der Waals surface area contributed by atoms with Crippen LogP contribution in [0.15, 0.2) is 84.9 Å². The molecule has 0 radical (unpaired) electrons. The lowest BCUT2D eigenvalue weighted by atomic mass is 10.1. The third kappa shape index (κ3) is 7.08. The van der Waals surface area contributed by atoms with Crippen LogP contribution in [0.1, 0.15) is 22.9 Å². The van der Waals surface area contributed by atoms with Gasteiger partial charge < -0.3 is 14.2 Å². The highest BCUT2D eigenvalue weighted by Crippen LogP contribution is 2.18. The molecule has 160 valence electrons. The first kappa shape index (κ1) is 21.7. The van der Waals surface area contributed by atoms with Crippen LogP contribution < -0.4 is 15.4 Å². The third-order valence-corrected chi connectivity index (χ3v) is 4.38. The van der Waals surface area contributed by atoms with Crippen molar-refractivity contribution in [3.8, 4) is 5.75 Å². The van der Waals surface area contributed by atoms with Crippen LogP contribution in [0.4, 0.5) is 9.59 Å². The van der Waals surface area contributed by atoms with Crippen LogP contribution in [-0.4, -0.2) is 19.3 Å². The van der Waals surface area contributed by atoms with Crippen LogP contribution in [0.25, 0.3) is 0 Å². The summed E-state index contributed by atoms with van der Waals surface area (Å²) in [5, 5.41) is 5.31. The van der Waals surface area contributed by atoms with E-state index >= 15 is 0 Å². The van der Waals surface area contributed by atoms with E-state index in [0.717, 1.165) is 11.1 Å². The molecule has 0 saturated carbocycles. The minimum absolute atomic E-state index is 0.107. The van der Waals surface area contributed by atoms with Crippen LogP contribution in [-0.2, 0) is 22.7 Å². The molecule has 0 saturated heterocycles. The summed E-state index contributed by atoms with van der Waals surface area (Å²) in [7, 11) is 1.54. The Hall–Kier alpha value is -4.00. The van der Waals surface area contributed by atoms with Gasteiger partial charge in [-0.05, 0) is 28.8 Å². The van der Waals surface area contributed by atoms with Gasteiger partial charge in [-0.3, -0.25) is 10.6 Å². The van der Waals surface area contributed by atoms with Crippen LogP contribution >= 0.6 is 0 Å². The van der Waals surface area contributed by atoms with Crippen molar-refractivity contribution in [1.82, 2.24) is 10.6 Å².